The van der Waals surface area contributed by atoms with Gasteiger partial charge in [-0.15, -0.1) is 0 Å². The molecular weight excluding hydrogens is 254 g/mol. The van der Waals surface area contributed by atoms with Crippen molar-refractivity contribution in [2.45, 2.75) is 4.90 Å². The van der Waals surface area contributed by atoms with E-state index >= 15 is 0 Å². The van der Waals surface area contributed by atoms with Gasteiger partial charge in [0.2, 0.25) is 5.43 Å². The molecule has 2 aromatic rings. The molecule has 0 aliphatic heterocycles. The van der Waals surface area contributed by atoms with Gasteiger partial charge in [0, 0.05) is 31.7 Å². The van der Waals surface area contributed by atoms with Crippen LogP contribution in [-0.4, -0.2) is 25.4 Å². The minimum absolute atomic E-state index is 0.295. The van der Waals surface area contributed by atoms with Crippen LogP contribution in [-0.2, 0) is 10.0 Å². The molecule has 0 aliphatic rings. The van der Waals surface area contributed by atoms with Crippen molar-refractivity contribution in [3.8, 4) is 0 Å². The second-order valence-electron chi connectivity index (χ2n) is 3.56. The quantitative estimate of drug-likeness (QED) is 0.880. The Morgan fingerprint density at radius 1 is 1.33 bits per heavy atom. The number of nitrogens with one attached hydrogen (secondary N) is 1. The molecular formula is C11H11N3O3S. The van der Waals surface area contributed by atoms with Crippen LogP contribution in [0.15, 0.2) is 52.7 Å². The molecule has 0 radical (unpaired) electrons. The van der Waals surface area contributed by atoms with E-state index in [1.165, 1.54) is 31.7 Å². The van der Waals surface area contributed by atoms with Crippen molar-refractivity contribution in [3.05, 3.63) is 53.2 Å². The molecule has 0 fully saturated rings. The molecule has 0 bridgehead atoms. The standard InChI is InChI=1S/C11H11N3O3S/c1-14(9-3-2-5-12-7-9)18(16,17)11-8-13-6-4-10(11)15/h2-8H,1H3,(H,13,15). The van der Waals surface area contributed by atoms with Crippen molar-refractivity contribution in [1.29, 1.82) is 0 Å². The molecule has 18 heavy (non-hydrogen) atoms. The predicted octanol–water partition coefficient (Wildman–Crippen LogP) is 0.595. The molecule has 2 aromatic heterocycles. The lowest BCUT2D eigenvalue weighted by Crippen LogP contribution is -2.30. The van der Waals surface area contributed by atoms with Gasteiger partial charge < -0.3 is 4.98 Å². The normalized spacial score (nSPS) is 11.2. The Labute approximate surface area is 104 Å². The zero-order chi connectivity index (χ0) is 13.2. The Morgan fingerprint density at radius 3 is 2.72 bits per heavy atom. The van der Waals surface area contributed by atoms with Crippen LogP contribution in [0, 0.1) is 0 Å². The molecule has 2 rings (SSSR count). The van der Waals surface area contributed by atoms with Gasteiger partial charge in [0.1, 0.15) is 0 Å². The Hall–Kier alpha value is -2.15. The number of aromatic amines is 1. The van der Waals surface area contributed by atoms with E-state index in [9.17, 15) is 13.2 Å². The van der Waals surface area contributed by atoms with Crippen LogP contribution in [0.25, 0.3) is 0 Å². The Bertz CT molecular complexity index is 695. The van der Waals surface area contributed by atoms with Crippen LogP contribution in [0.1, 0.15) is 0 Å². The van der Waals surface area contributed by atoms with Gasteiger partial charge in [0.05, 0.1) is 11.9 Å². The molecule has 0 atom stereocenters. The van der Waals surface area contributed by atoms with Crippen molar-refractivity contribution in [1.82, 2.24) is 9.97 Å². The summed E-state index contributed by atoms with van der Waals surface area (Å²) in [6, 6.07) is 4.39. The molecule has 1 N–H and O–H groups in total. The molecule has 0 amide bonds. The molecule has 0 aromatic carbocycles. The summed E-state index contributed by atoms with van der Waals surface area (Å²) in [7, 11) is -2.50. The van der Waals surface area contributed by atoms with E-state index in [4.69, 9.17) is 0 Å². The Balaban J connectivity index is 2.51. The Morgan fingerprint density at radius 2 is 2.11 bits per heavy atom. The minimum Gasteiger partial charge on any atom is -0.366 e. The fraction of sp³-hybridized carbons (Fsp3) is 0.0909. The van der Waals surface area contributed by atoms with Gasteiger partial charge >= 0.3 is 0 Å². The highest BCUT2D eigenvalue weighted by Gasteiger charge is 2.23. The lowest BCUT2D eigenvalue weighted by molar-refractivity contribution is 0.593. The van der Waals surface area contributed by atoms with Gasteiger partial charge in [0.15, 0.2) is 4.90 Å². The van der Waals surface area contributed by atoms with E-state index in [2.05, 4.69) is 9.97 Å². The largest absolute Gasteiger partial charge is 0.366 e. The van der Waals surface area contributed by atoms with Crippen molar-refractivity contribution >= 4 is 15.7 Å². The summed E-state index contributed by atoms with van der Waals surface area (Å²) in [5.41, 5.74) is -0.162. The maximum atomic E-state index is 12.2. The molecule has 0 aliphatic carbocycles. The van der Waals surface area contributed by atoms with E-state index in [1.54, 1.807) is 18.3 Å². The van der Waals surface area contributed by atoms with Crippen LogP contribution in [0.5, 0.6) is 0 Å². The van der Waals surface area contributed by atoms with Crippen LogP contribution in [0.3, 0.4) is 0 Å². The lowest BCUT2D eigenvalue weighted by atomic mass is 10.4. The topological polar surface area (TPSA) is 83.1 Å². The van der Waals surface area contributed by atoms with Gasteiger partial charge in [-0.3, -0.25) is 14.1 Å². The average molecular weight is 265 g/mol. The maximum absolute atomic E-state index is 12.2. The van der Waals surface area contributed by atoms with Crippen molar-refractivity contribution in [2.75, 3.05) is 11.4 Å². The second-order valence-corrected chi connectivity index (χ2v) is 5.49. The number of nitrogens with zero attached hydrogens (tertiary/aromatic N) is 2. The first-order valence-electron chi connectivity index (χ1n) is 5.09. The fourth-order valence-electron chi connectivity index (χ4n) is 1.43. The summed E-state index contributed by atoms with van der Waals surface area (Å²) >= 11 is 0. The van der Waals surface area contributed by atoms with Crippen LogP contribution >= 0.6 is 0 Å². The fourth-order valence-corrected chi connectivity index (χ4v) is 2.65. The molecule has 0 saturated carbocycles. The lowest BCUT2D eigenvalue weighted by Gasteiger charge is -2.18. The molecule has 6 nitrogen and oxygen atoms in total. The number of pyridine rings is 2. The molecule has 94 valence electrons. The van der Waals surface area contributed by atoms with Gasteiger partial charge in [-0.1, -0.05) is 0 Å². The van der Waals surface area contributed by atoms with Crippen LogP contribution in [0.2, 0.25) is 0 Å². The van der Waals surface area contributed by atoms with Crippen molar-refractivity contribution < 1.29 is 8.42 Å². The summed E-state index contributed by atoms with van der Waals surface area (Å²) in [6.45, 7) is 0. The molecule has 0 spiro atoms. The first-order chi connectivity index (χ1) is 8.53. The number of rotatable bonds is 3. The summed E-state index contributed by atoms with van der Waals surface area (Å²) in [6.07, 6.45) is 5.50. The Kier molecular flexibility index (Phi) is 3.15. The van der Waals surface area contributed by atoms with E-state index in [1.807, 2.05) is 0 Å². The van der Waals surface area contributed by atoms with Gasteiger partial charge in [-0.2, -0.15) is 0 Å². The summed E-state index contributed by atoms with van der Waals surface area (Å²) < 4.78 is 25.5. The molecule has 0 saturated heterocycles. The van der Waals surface area contributed by atoms with E-state index in [0.717, 1.165) is 4.31 Å². The number of hydrogen-bond acceptors (Lipinski definition) is 4. The highest BCUT2D eigenvalue weighted by Crippen LogP contribution is 2.17. The highest BCUT2D eigenvalue weighted by atomic mass is 32.2. The van der Waals surface area contributed by atoms with E-state index in [0.29, 0.717) is 5.69 Å². The average Bonchev–Trinajstić information content (AvgIpc) is 2.39. The third-order valence-corrected chi connectivity index (χ3v) is 4.24. The van der Waals surface area contributed by atoms with E-state index < -0.39 is 15.5 Å². The third-order valence-electron chi connectivity index (χ3n) is 2.44. The number of anilines is 1. The van der Waals surface area contributed by atoms with Crippen molar-refractivity contribution in [3.63, 3.8) is 0 Å². The summed E-state index contributed by atoms with van der Waals surface area (Å²) in [4.78, 5) is 17.7. The number of aromatic nitrogens is 2. The predicted molar refractivity (Wildman–Crippen MR) is 66.9 cm³/mol. The summed E-state index contributed by atoms with van der Waals surface area (Å²) in [5.74, 6) is 0. The molecule has 0 unspecified atom stereocenters. The second kappa shape index (κ2) is 4.61. The summed E-state index contributed by atoms with van der Waals surface area (Å²) in [5, 5.41) is 0. The number of sulfonamides is 1. The monoisotopic (exact) mass is 265 g/mol. The van der Waals surface area contributed by atoms with Gasteiger partial charge in [-0.25, -0.2) is 8.42 Å². The minimum atomic E-state index is -3.87. The van der Waals surface area contributed by atoms with Crippen LogP contribution in [0.4, 0.5) is 5.69 Å². The first-order valence-corrected chi connectivity index (χ1v) is 6.53. The van der Waals surface area contributed by atoms with Gasteiger partial charge in [-0.05, 0) is 12.1 Å². The third kappa shape index (κ3) is 2.12. The highest BCUT2D eigenvalue weighted by molar-refractivity contribution is 7.92. The zero-order valence-electron chi connectivity index (χ0n) is 9.57. The molecule has 7 heteroatoms. The SMILES string of the molecule is CN(c1cccnc1)S(=O)(=O)c1c[nH]ccc1=O. The molecule has 2 heterocycles. The number of H-pyrrole nitrogens is 1. The van der Waals surface area contributed by atoms with Crippen molar-refractivity contribution in [2.24, 2.45) is 0 Å². The maximum Gasteiger partial charge on any atom is 0.269 e. The number of hydrogen-bond donors (Lipinski definition) is 1. The van der Waals surface area contributed by atoms with E-state index in [-0.39, 0.29) is 4.90 Å². The smallest absolute Gasteiger partial charge is 0.269 e. The van der Waals surface area contributed by atoms with Crippen LogP contribution < -0.4 is 9.73 Å². The zero-order valence-corrected chi connectivity index (χ0v) is 10.4. The first kappa shape index (κ1) is 12.3. The van der Waals surface area contributed by atoms with Gasteiger partial charge in [0.25, 0.3) is 10.0 Å².